The van der Waals surface area contributed by atoms with Gasteiger partial charge in [-0.2, -0.15) is 5.10 Å². The van der Waals surface area contributed by atoms with Crippen LogP contribution in [0.2, 0.25) is 0 Å². The Morgan fingerprint density at radius 1 is 1.73 bits per heavy atom. The van der Waals surface area contributed by atoms with Crippen LogP contribution >= 0.6 is 0 Å². The largest absolute Gasteiger partial charge is 0.378 e. The lowest BCUT2D eigenvalue weighted by Crippen LogP contribution is -2.16. The highest BCUT2D eigenvalue weighted by Crippen LogP contribution is 2.16. The first-order valence-electron chi connectivity index (χ1n) is 5.22. The molecule has 0 radical (unpaired) electrons. The number of ketones is 1. The molecule has 0 aliphatic carbocycles. The number of carbonyl (C=O) groups excluding carboxylic acids is 1. The summed E-state index contributed by atoms with van der Waals surface area (Å²) in [4.78, 5) is 15.7. The van der Waals surface area contributed by atoms with Gasteiger partial charge in [-0.25, -0.2) is 4.98 Å². The summed E-state index contributed by atoms with van der Waals surface area (Å²) in [7, 11) is 1.79. The van der Waals surface area contributed by atoms with Crippen LogP contribution in [0.3, 0.4) is 0 Å². The third kappa shape index (κ3) is 2.62. The highest BCUT2D eigenvalue weighted by atomic mass is 16.5. The molecule has 1 saturated heterocycles. The minimum absolute atomic E-state index is 0.130. The second kappa shape index (κ2) is 4.53. The molecule has 1 aliphatic rings. The molecule has 1 aromatic rings. The van der Waals surface area contributed by atoms with Crippen molar-refractivity contribution < 1.29 is 9.53 Å². The van der Waals surface area contributed by atoms with Crippen LogP contribution in [-0.2, 0) is 23.0 Å². The monoisotopic (exact) mass is 209 g/mol. The molecule has 1 aliphatic heterocycles. The molecule has 0 N–H and O–H groups in total. The van der Waals surface area contributed by atoms with Crippen LogP contribution in [0.5, 0.6) is 0 Å². The average molecular weight is 209 g/mol. The molecule has 2 heterocycles. The van der Waals surface area contributed by atoms with E-state index in [-0.39, 0.29) is 11.9 Å². The Hall–Kier alpha value is -1.23. The summed E-state index contributed by atoms with van der Waals surface area (Å²) in [5.41, 5.74) is 0. The van der Waals surface area contributed by atoms with E-state index in [1.54, 1.807) is 11.7 Å². The van der Waals surface area contributed by atoms with Crippen molar-refractivity contribution >= 4 is 5.78 Å². The molecule has 2 rings (SSSR count). The molecular formula is C10H15N3O2. The fourth-order valence-electron chi connectivity index (χ4n) is 1.79. The van der Waals surface area contributed by atoms with Crippen LogP contribution in [0.25, 0.3) is 0 Å². The van der Waals surface area contributed by atoms with Crippen molar-refractivity contribution in [2.24, 2.45) is 7.05 Å². The number of rotatable bonds is 4. The van der Waals surface area contributed by atoms with Crippen molar-refractivity contribution in [3.05, 3.63) is 12.2 Å². The van der Waals surface area contributed by atoms with E-state index in [1.807, 2.05) is 0 Å². The minimum atomic E-state index is 0.130. The SMILES string of the molecule is Cn1ncnc1CC(=O)CC1CCCO1. The van der Waals surface area contributed by atoms with Gasteiger partial charge < -0.3 is 4.74 Å². The zero-order chi connectivity index (χ0) is 10.7. The van der Waals surface area contributed by atoms with Crippen LogP contribution in [0.15, 0.2) is 6.33 Å². The van der Waals surface area contributed by atoms with E-state index in [9.17, 15) is 4.79 Å². The first kappa shape index (κ1) is 10.3. The highest BCUT2D eigenvalue weighted by Gasteiger charge is 2.19. The third-order valence-corrected chi connectivity index (χ3v) is 2.64. The van der Waals surface area contributed by atoms with Gasteiger partial charge in [0.05, 0.1) is 12.5 Å². The molecule has 82 valence electrons. The van der Waals surface area contributed by atoms with Crippen molar-refractivity contribution in [2.75, 3.05) is 6.61 Å². The summed E-state index contributed by atoms with van der Waals surface area (Å²) >= 11 is 0. The summed E-state index contributed by atoms with van der Waals surface area (Å²) in [5, 5.41) is 3.92. The highest BCUT2D eigenvalue weighted by molar-refractivity contribution is 5.80. The standard InChI is InChI=1S/C10H15N3O2/c1-13-10(11-7-12-13)6-8(14)5-9-3-2-4-15-9/h7,9H,2-6H2,1H3. The molecule has 0 spiro atoms. The first-order chi connectivity index (χ1) is 7.25. The van der Waals surface area contributed by atoms with Gasteiger partial charge in [-0.3, -0.25) is 9.48 Å². The van der Waals surface area contributed by atoms with E-state index in [0.717, 1.165) is 25.3 Å². The van der Waals surface area contributed by atoms with Crippen LogP contribution in [-0.4, -0.2) is 33.3 Å². The molecule has 1 aromatic heterocycles. The van der Waals surface area contributed by atoms with E-state index < -0.39 is 0 Å². The number of aryl methyl sites for hydroxylation is 1. The third-order valence-electron chi connectivity index (χ3n) is 2.64. The van der Waals surface area contributed by atoms with E-state index in [4.69, 9.17) is 4.74 Å². The molecule has 0 bridgehead atoms. The second-order valence-corrected chi connectivity index (χ2v) is 3.85. The van der Waals surface area contributed by atoms with Gasteiger partial charge in [-0.1, -0.05) is 0 Å². The molecule has 5 nitrogen and oxygen atoms in total. The second-order valence-electron chi connectivity index (χ2n) is 3.85. The maximum Gasteiger partial charge on any atom is 0.143 e. The average Bonchev–Trinajstić information content (AvgIpc) is 2.79. The van der Waals surface area contributed by atoms with Gasteiger partial charge in [-0.15, -0.1) is 0 Å². The van der Waals surface area contributed by atoms with Gasteiger partial charge in [0.1, 0.15) is 17.9 Å². The van der Waals surface area contributed by atoms with E-state index >= 15 is 0 Å². The Kier molecular flexibility index (Phi) is 3.11. The normalized spacial score (nSPS) is 20.7. The van der Waals surface area contributed by atoms with Crippen LogP contribution in [0.4, 0.5) is 0 Å². The minimum Gasteiger partial charge on any atom is -0.378 e. The Labute approximate surface area is 88.4 Å². The Balaban J connectivity index is 1.84. The van der Waals surface area contributed by atoms with Gasteiger partial charge in [0.25, 0.3) is 0 Å². The van der Waals surface area contributed by atoms with Crippen molar-refractivity contribution in [2.45, 2.75) is 31.8 Å². The number of aromatic nitrogens is 3. The van der Waals surface area contributed by atoms with Crippen molar-refractivity contribution in [3.63, 3.8) is 0 Å². The topological polar surface area (TPSA) is 57.0 Å². The fourth-order valence-corrected chi connectivity index (χ4v) is 1.79. The Bertz CT molecular complexity index is 342. The lowest BCUT2D eigenvalue weighted by molar-refractivity contribution is -0.120. The molecule has 15 heavy (non-hydrogen) atoms. The zero-order valence-electron chi connectivity index (χ0n) is 8.85. The van der Waals surface area contributed by atoms with E-state index in [1.165, 1.54) is 6.33 Å². The maximum absolute atomic E-state index is 11.7. The van der Waals surface area contributed by atoms with Crippen LogP contribution < -0.4 is 0 Å². The van der Waals surface area contributed by atoms with E-state index in [0.29, 0.717) is 12.8 Å². The predicted molar refractivity (Wildman–Crippen MR) is 53.3 cm³/mol. The molecule has 0 saturated carbocycles. The van der Waals surface area contributed by atoms with Gasteiger partial charge in [0, 0.05) is 20.1 Å². The number of hydrogen-bond donors (Lipinski definition) is 0. The summed E-state index contributed by atoms with van der Waals surface area (Å²) in [6, 6.07) is 0. The number of nitrogens with zero attached hydrogens (tertiary/aromatic N) is 3. The Morgan fingerprint density at radius 2 is 2.60 bits per heavy atom. The zero-order valence-corrected chi connectivity index (χ0v) is 8.85. The lowest BCUT2D eigenvalue weighted by Gasteiger charge is -2.07. The summed E-state index contributed by atoms with van der Waals surface area (Å²) < 4.78 is 7.04. The molecule has 5 heteroatoms. The van der Waals surface area contributed by atoms with Gasteiger partial charge in [-0.05, 0) is 12.8 Å². The lowest BCUT2D eigenvalue weighted by atomic mass is 10.1. The number of Topliss-reactive ketones (excluding diaryl/α,β-unsaturated/α-hetero) is 1. The molecule has 0 amide bonds. The van der Waals surface area contributed by atoms with Crippen molar-refractivity contribution in [1.29, 1.82) is 0 Å². The number of ether oxygens (including phenoxy) is 1. The van der Waals surface area contributed by atoms with Gasteiger partial charge in [0.2, 0.25) is 0 Å². The van der Waals surface area contributed by atoms with Gasteiger partial charge in [0.15, 0.2) is 0 Å². The van der Waals surface area contributed by atoms with Gasteiger partial charge >= 0.3 is 0 Å². The Morgan fingerprint density at radius 3 is 3.20 bits per heavy atom. The molecule has 1 atom stereocenters. The van der Waals surface area contributed by atoms with E-state index in [2.05, 4.69) is 10.1 Å². The smallest absolute Gasteiger partial charge is 0.143 e. The quantitative estimate of drug-likeness (QED) is 0.724. The molecule has 1 unspecified atom stereocenters. The number of hydrogen-bond acceptors (Lipinski definition) is 4. The molecule has 0 aromatic carbocycles. The predicted octanol–water partition coefficient (Wildman–Crippen LogP) is 0.496. The fraction of sp³-hybridized carbons (Fsp3) is 0.700. The van der Waals surface area contributed by atoms with Crippen LogP contribution in [0.1, 0.15) is 25.1 Å². The van der Waals surface area contributed by atoms with Crippen molar-refractivity contribution in [3.8, 4) is 0 Å². The summed E-state index contributed by atoms with van der Waals surface area (Å²) in [6.07, 6.45) is 4.54. The van der Waals surface area contributed by atoms with Crippen LogP contribution in [0, 0.1) is 0 Å². The maximum atomic E-state index is 11.7. The summed E-state index contributed by atoms with van der Waals surface area (Å²) in [6.45, 7) is 0.794. The number of carbonyl (C=O) groups is 1. The molecular weight excluding hydrogens is 194 g/mol. The molecule has 1 fully saturated rings. The summed E-state index contributed by atoms with van der Waals surface area (Å²) in [5.74, 6) is 0.899. The first-order valence-corrected chi connectivity index (χ1v) is 5.22. The van der Waals surface area contributed by atoms with Crippen molar-refractivity contribution in [1.82, 2.24) is 14.8 Å².